The average molecular weight is 287 g/mol. The maximum Gasteiger partial charge on any atom is 0.133 e. The first-order valence-electron chi connectivity index (χ1n) is 8.34. The fraction of sp³-hybridized carbons (Fsp3) is 0.778. The zero-order valence-corrected chi connectivity index (χ0v) is 14.2. The quantitative estimate of drug-likeness (QED) is 0.919. The molecule has 0 unspecified atom stereocenters. The number of nitrogens with one attached hydrogen (secondary N) is 1. The van der Waals surface area contributed by atoms with Gasteiger partial charge in [-0.05, 0) is 43.6 Å². The molecule has 116 valence electrons. The normalized spacial score (nSPS) is 24.7. The van der Waals surface area contributed by atoms with E-state index in [1.54, 1.807) is 0 Å². The van der Waals surface area contributed by atoms with Gasteiger partial charge in [0.05, 0.1) is 0 Å². The molecule has 0 saturated heterocycles. The van der Waals surface area contributed by atoms with E-state index in [9.17, 15) is 0 Å². The van der Waals surface area contributed by atoms with E-state index >= 15 is 0 Å². The van der Waals surface area contributed by atoms with Crippen LogP contribution in [0.4, 0.5) is 0 Å². The van der Waals surface area contributed by atoms with Crippen molar-refractivity contribution in [2.24, 2.45) is 11.3 Å². The summed E-state index contributed by atoms with van der Waals surface area (Å²) in [4.78, 5) is 9.57. The molecule has 0 aromatic carbocycles. The van der Waals surface area contributed by atoms with Gasteiger partial charge in [-0.3, -0.25) is 0 Å². The minimum absolute atomic E-state index is 0.0214. The van der Waals surface area contributed by atoms with Crippen molar-refractivity contribution in [2.75, 3.05) is 6.54 Å². The predicted octanol–water partition coefficient (Wildman–Crippen LogP) is 3.79. The second-order valence-corrected chi connectivity index (χ2v) is 8.79. The summed E-state index contributed by atoms with van der Waals surface area (Å²) < 4.78 is 0. The second kappa shape index (κ2) is 5.05. The van der Waals surface area contributed by atoms with Crippen LogP contribution in [0.25, 0.3) is 0 Å². The smallest absolute Gasteiger partial charge is 0.133 e. The SMILES string of the molecule is CC1(C)Cc2nc(C(C)(C)C)ncc2[C@H](NCC2CC2)C1. The molecule has 1 fully saturated rings. The van der Waals surface area contributed by atoms with Crippen molar-refractivity contribution in [2.45, 2.75) is 71.8 Å². The lowest BCUT2D eigenvalue weighted by molar-refractivity contribution is 0.251. The molecule has 1 N–H and O–H groups in total. The second-order valence-electron chi connectivity index (χ2n) is 8.79. The molecule has 0 bridgehead atoms. The Morgan fingerprint density at radius 3 is 2.62 bits per heavy atom. The first-order chi connectivity index (χ1) is 9.74. The summed E-state index contributed by atoms with van der Waals surface area (Å²) in [6.07, 6.45) is 7.13. The Labute approximate surface area is 129 Å². The van der Waals surface area contributed by atoms with Crippen molar-refractivity contribution in [3.8, 4) is 0 Å². The predicted molar refractivity (Wildman–Crippen MR) is 86.3 cm³/mol. The molecule has 0 amide bonds. The molecule has 3 rings (SSSR count). The molecule has 21 heavy (non-hydrogen) atoms. The third kappa shape index (κ3) is 3.45. The van der Waals surface area contributed by atoms with Crippen LogP contribution in [-0.2, 0) is 11.8 Å². The first kappa shape index (κ1) is 15.0. The van der Waals surface area contributed by atoms with E-state index in [0.29, 0.717) is 11.5 Å². The Balaban J connectivity index is 1.88. The summed E-state index contributed by atoms with van der Waals surface area (Å²) in [5, 5.41) is 3.77. The first-order valence-corrected chi connectivity index (χ1v) is 8.34. The topological polar surface area (TPSA) is 37.8 Å². The molecule has 0 spiro atoms. The van der Waals surface area contributed by atoms with E-state index in [1.807, 2.05) is 0 Å². The van der Waals surface area contributed by atoms with Crippen molar-refractivity contribution in [1.82, 2.24) is 15.3 Å². The van der Waals surface area contributed by atoms with E-state index in [-0.39, 0.29) is 5.41 Å². The van der Waals surface area contributed by atoms with Crippen molar-refractivity contribution in [3.05, 3.63) is 23.3 Å². The Morgan fingerprint density at radius 2 is 2.00 bits per heavy atom. The fourth-order valence-electron chi connectivity index (χ4n) is 3.22. The Morgan fingerprint density at radius 1 is 1.29 bits per heavy atom. The van der Waals surface area contributed by atoms with Gasteiger partial charge in [-0.15, -0.1) is 0 Å². The highest BCUT2D eigenvalue weighted by molar-refractivity contribution is 5.28. The molecular formula is C18H29N3. The van der Waals surface area contributed by atoms with Gasteiger partial charge in [0.1, 0.15) is 5.82 Å². The van der Waals surface area contributed by atoms with Crippen molar-refractivity contribution < 1.29 is 0 Å². The molecule has 1 heterocycles. The van der Waals surface area contributed by atoms with Crippen LogP contribution in [0.15, 0.2) is 6.20 Å². The number of rotatable bonds is 3. The summed E-state index contributed by atoms with van der Waals surface area (Å²) in [5.41, 5.74) is 2.94. The molecule has 1 saturated carbocycles. The Bertz CT molecular complexity index is 524. The summed E-state index contributed by atoms with van der Waals surface area (Å²) in [6.45, 7) is 12.4. The largest absolute Gasteiger partial charge is 0.310 e. The van der Waals surface area contributed by atoms with Gasteiger partial charge in [0, 0.05) is 28.9 Å². The summed E-state index contributed by atoms with van der Waals surface area (Å²) >= 11 is 0. The number of aromatic nitrogens is 2. The monoisotopic (exact) mass is 287 g/mol. The van der Waals surface area contributed by atoms with Crippen molar-refractivity contribution in [1.29, 1.82) is 0 Å². The zero-order valence-electron chi connectivity index (χ0n) is 14.2. The molecule has 3 nitrogen and oxygen atoms in total. The lowest BCUT2D eigenvalue weighted by atomic mass is 9.74. The van der Waals surface area contributed by atoms with Gasteiger partial charge in [-0.2, -0.15) is 0 Å². The molecule has 1 aromatic heterocycles. The van der Waals surface area contributed by atoms with Gasteiger partial charge in [-0.25, -0.2) is 9.97 Å². The molecule has 0 radical (unpaired) electrons. The van der Waals surface area contributed by atoms with Gasteiger partial charge in [0.15, 0.2) is 0 Å². The molecule has 3 heteroatoms. The lowest BCUT2D eigenvalue weighted by Crippen LogP contribution is -2.35. The minimum Gasteiger partial charge on any atom is -0.310 e. The van der Waals surface area contributed by atoms with Crippen LogP contribution in [0.2, 0.25) is 0 Å². The molecule has 1 aromatic rings. The van der Waals surface area contributed by atoms with E-state index in [2.05, 4.69) is 51.1 Å². The maximum absolute atomic E-state index is 4.92. The third-order valence-corrected chi connectivity index (χ3v) is 4.70. The van der Waals surface area contributed by atoms with Crippen LogP contribution in [0.1, 0.15) is 77.0 Å². The van der Waals surface area contributed by atoms with E-state index in [4.69, 9.17) is 4.98 Å². The standard InChI is InChI=1S/C18H29N3/c1-17(2,3)16-20-11-13-14(19-10-12-6-7-12)8-18(4,5)9-15(13)21-16/h11-12,14,19H,6-10H2,1-5H3/t14-/m1/s1. The summed E-state index contributed by atoms with van der Waals surface area (Å²) in [5.74, 6) is 1.88. The number of hydrogen-bond donors (Lipinski definition) is 1. The Kier molecular flexibility index (Phi) is 3.59. The van der Waals surface area contributed by atoms with Crippen molar-refractivity contribution >= 4 is 0 Å². The minimum atomic E-state index is 0.0214. The van der Waals surface area contributed by atoms with E-state index in [1.165, 1.54) is 30.5 Å². The van der Waals surface area contributed by atoms with Crippen LogP contribution < -0.4 is 5.32 Å². The molecule has 2 aliphatic rings. The fourth-order valence-corrected chi connectivity index (χ4v) is 3.22. The van der Waals surface area contributed by atoms with Crippen LogP contribution in [0.5, 0.6) is 0 Å². The van der Waals surface area contributed by atoms with Crippen LogP contribution >= 0.6 is 0 Å². The molecular weight excluding hydrogens is 258 g/mol. The van der Waals surface area contributed by atoms with Gasteiger partial charge in [0.25, 0.3) is 0 Å². The highest BCUT2D eigenvalue weighted by Crippen LogP contribution is 2.41. The average Bonchev–Trinajstić information content (AvgIpc) is 3.16. The van der Waals surface area contributed by atoms with Gasteiger partial charge < -0.3 is 5.32 Å². The van der Waals surface area contributed by atoms with E-state index < -0.39 is 0 Å². The van der Waals surface area contributed by atoms with Crippen LogP contribution in [0, 0.1) is 11.3 Å². The summed E-state index contributed by atoms with van der Waals surface area (Å²) in [6, 6.07) is 0.429. The zero-order chi connectivity index (χ0) is 15.3. The van der Waals surface area contributed by atoms with E-state index in [0.717, 1.165) is 24.7 Å². The van der Waals surface area contributed by atoms with Crippen LogP contribution in [0.3, 0.4) is 0 Å². The highest BCUT2D eigenvalue weighted by atomic mass is 15.0. The van der Waals surface area contributed by atoms with Gasteiger partial charge in [-0.1, -0.05) is 34.6 Å². The third-order valence-electron chi connectivity index (χ3n) is 4.70. The molecule has 1 atom stereocenters. The Hall–Kier alpha value is -0.960. The number of fused-ring (bicyclic) bond motifs is 1. The molecule has 2 aliphatic carbocycles. The maximum atomic E-state index is 4.92. The van der Waals surface area contributed by atoms with Crippen LogP contribution in [-0.4, -0.2) is 16.5 Å². The number of nitrogens with zero attached hydrogens (tertiary/aromatic N) is 2. The highest BCUT2D eigenvalue weighted by Gasteiger charge is 2.35. The van der Waals surface area contributed by atoms with Gasteiger partial charge >= 0.3 is 0 Å². The van der Waals surface area contributed by atoms with Gasteiger partial charge in [0.2, 0.25) is 0 Å². The molecule has 0 aliphatic heterocycles. The summed E-state index contributed by atoms with van der Waals surface area (Å²) in [7, 11) is 0. The number of hydrogen-bond acceptors (Lipinski definition) is 3. The lowest BCUT2D eigenvalue weighted by Gasteiger charge is -2.37. The van der Waals surface area contributed by atoms with Crippen molar-refractivity contribution in [3.63, 3.8) is 0 Å².